The molecule has 0 bridgehead atoms. The number of nitrogens with one attached hydrogen (secondary N) is 1. The van der Waals surface area contributed by atoms with Gasteiger partial charge in [-0.1, -0.05) is 31.0 Å². The van der Waals surface area contributed by atoms with E-state index in [-0.39, 0.29) is 4.90 Å². The highest BCUT2D eigenvalue weighted by molar-refractivity contribution is 7.89. The fourth-order valence-electron chi connectivity index (χ4n) is 2.44. The van der Waals surface area contributed by atoms with Gasteiger partial charge in [0.1, 0.15) is 5.54 Å². The number of rotatable bonds is 4. The van der Waals surface area contributed by atoms with Gasteiger partial charge in [-0.05, 0) is 25.0 Å². The van der Waals surface area contributed by atoms with E-state index < -0.39 is 21.5 Å². The standard InChI is InChI=1S/C13H17NO4S/c1-18-12(15)13(9-5-6-10-13)14-19(16,17)11-7-3-2-4-8-11/h2-4,7-8,14H,5-6,9-10H2,1H3. The quantitative estimate of drug-likeness (QED) is 0.849. The maximum atomic E-state index is 12.3. The van der Waals surface area contributed by atoms with Gasteiger partial charge in [0.25, 0.3) is 0 Å². The first-order valence-electron chi connectivity index (χ1n) is 6.18. The molecule has 0 aliphatic heterocycles. The van der Waals surface area contributed by atoms with Crippen molar-refractivity contribution in [2.75, 3.05) is 7.11 Å². The predicted molar refractivity (Wildman–Crippen MR) is 70.0 cm³/mol. The van der Waals surface area contributed by atoms with Crippen molar-refractivity contribution in [3.8, 4) is 0 Å². The van der Waals surface area contributed by atoms with Gasteiger partial charge in [0.05, 0.1) is 12.0 Å². The van der Waals surface area contributed by atoms with Gasteiger partial charge in [0, 0.05) is 0 Å². The molecule has 2 rings (SSSR count). The number of carbonyl (C=O) groups is 1. The number of ether oxygens (including phenoxy) is 1. The van der Waals surface area contributed by atoms with Gasteiger partial charge in [-0.25, -0.2) is 8.42 Å². The second-order valence-electron chi connectivity index (χ2n) is 4.70. The topological polar surface area (TPSA) is 72.5 Å². The Kier molecular flexibility index (Phi) is 3.91. The molecule has 0 aromatic heterocycles. The van der Waals surface area contributed by atoms with Crippen LogP contribution >= 0.6 is 0 Å². The molecule has 1 fully saturated rings. The maximum Gasteiger partial charge on any atom is 0.327 e. The monoisotopic (exact) mass is 283 g/mol. The Labute approximate surface area is 113 Å². The van der Waals surface area contributed by atoms with E-state index in [4.69, 9.17) is 4.74 Å². The Morgan fingerprint density at radius 1 is 1.21 bits per heavy atom. The zero-order valence-electron chi connectivity index (χ0n) is 10.8. The zero-order chi connectivity index (χ0) is 13.9. The van der Waals surface area contributed by atoms with Crippen molar-refractivity contribution in [1.29, 1.82) is 0 Å². The molecule has 5 nitrogen and oxygen atoms in total. The smallest absolute Gasteiger partial charge is 0.327 e. The van der Waals surface area contributed by atoms with Gasteiger partial charge < -0.3 is 4.74 Å². The SMILES string of the molecule is COC(=O)C1(NS(=O)(=O)c2ccccc2)CCCC1. The number of hydrogen-bond acceptors (Lipinski definition) is 4. The zero-order valence-corrected chi connectivity index (χ0v) is 11.6. The summed E-state index contributed by atoms with van der Waals surface area (Å²) in [5.41, 5.74) is -1.11. The highest BCUT2D eigenvalue weighted by Gasteiger charge is 2.45. The molecule has 0 unspecified atom stereocenters. The number of carbonyl (C=O) groups excluding carboxylic acids is 1. The lowest BCUT2D eigenvalue weighted by atomic mass is 10.00. The van der Waals surface area contributed by atoms with Crippen LogP contribution in [0.4, 0.5) is 0 Å². The van der Waals surface area contributed by atoms with E-state index in [1.165, 1.54) is 19.2 Å². The minimum Gasteiger partial charge on any atom is -0.468 e. The van der Waals surface area contributed by atoms with Crippen molar-refractivity contribution in [2.45, 2.75) is 36.1 Å². The van der Waals surface area contributed by atoms with Crippen molar-refractivity contribution < 1.29 is 17.9 Å². The average Bonchev–Trinajstić information content (AvgIpc) is 2.88. The fourth-order valence-corrected chi connectivity index (χ4v) is 3.87. The Morgan fingerprint density at radius 2 is 1.79 bits per heavy atom. The largest absolute Gasteiger partial charge is 0.468 e. The van der Waals surface area contributed by atoms with Gasteiger partial charge in [0.15, 0.2) is 0 Å². The minimum absolute atomic E-state index is 0.158. The summed E-state index contributed by atoms with van der Waals surface area (Å²) in [6, 6.07) is 8.04. The first-order chi connectivity index (χ1) is 9.00. The molecule has 1 saturated carbocycles. The van der Waals surface area contributed by atoms with Crippen LogP contribution in [-0.2, 0) is 19.6 Å². The summed E-state index contributed by atoms with van der Waals surface area (Å²) in [5, 5.41) is 0. The summed E-state index contributed by atoms with van der Waals surface area (Å²) < 4.78 is 31.9. The van der Waals surface area contributed by atoms with E-state index in [9.17, 15) is 13.2 Å². The number of hydrogen-bond donors (Lipinski definition) is 1. The van der Waals surface area contributed by atoms with Crippen LogP contribution in [0, 0.1) is 0 Å². The molecule has 19 heavy (non-hydrogen) atoms. The molecular weight excluding hydrogens is 266 g/mol. The number of benzene rings is 1. The lowest BCUT2D eigenvalue weighted by molar-refractivity contribution is -0.147. The van der Waals surface area contributed by atoms with Crippen LogP contribution < -0.4 is 4.72 Å². The second kappa shape index (κ2) is 5.30. The summed E-state index contributed by atoms with van der Waals surface area (Å²) in [4.78, 5) is 12.1. The Morgan fingerprint density at radius 3 is 2.32 bits per heavy atom. The summed E-state index contributed by atoms with van der Waals surface area (Å²) in [7, 11) is -2.43. The summed E-state index contributed by atoms with van der Waals surface area (Å²) >= 11 is 0. The second-order valence-corrected chi connectivity index (χ2v) is 6.38. The molecule has 0 atom stereocenters. The van der Waals surface area contributed by atoms with Crippen LogP contribution in [0.15, 0.2) is 35.2 Å². The molecule has 1 aliphatic carbocycles. The molecule has 0 spiro atoms. The minimum atomic E-state index is -3.71. The molecule has 6 heteroatoms. The normalized spacial score (nSPS) is 18.2. The van der Waals surface area contributed by atoms with E-state index in [0.717, 1.165) is 12.8 Å². The highest BCUT2D eigenvalue weighted by Crippen LogP contribution is 2.32. The van der Waals surface area contributed by atoms with E-state index >= 15 is 0 Å². The van der Waals surface area contributed by atoms with E-state index in [2.05, 4.69) is 4.72 Å². The first-order valence-corrected chi connectivity index (χ1v) is 7.66. The Bertz CT molecular complexity index is 547. The van der Waals surface area contributed by atoms with Gasteiger partial charge in [0.2, 0.25) is 10.0 Å². The Hall–Kier alpha value is -1.40. The third kappa shape index (κ3) is 2.79. The van der Waals surface area contributed by atoms with Gasteiger partial charge in [-0.2, -0.15) is 4.72 Å². The third-order valence-corrected chi connectivity index (χ3v) is 4.97. The predicted octanol–water partition coefficient (Wildman–Crippen LogP) is 1.45. The first kappa shape index (κ1) is 14.0. The van der Waals surface area contributed by atoms with Crippen LogP contribution in [0.3, 0.4) is 0 Å². The molecule has 0 heterocycles. The molecule has 104 valence electrons. The van der Waals surface area contributed by atoms with Crippen LogP contribution in [-0.4, -0.2) is 27.0 Å². The van der Waals surface area contributed by atoms with Crippen molar-refractivity contribution in [2.24, 2.45) is 0 Å². The fraction of sp³-hybridized carbons (Fsp3) is 0.462. The van der Waals surface area contributed by atoms with Crippen LogP contribution in [0.2, 0.25) is 0 Å². The molecular formula is C13H17NO4S. The van der Waals surface area contributed by atoms with Crippen molar-refractivity contribution in [1.82, 2.24) is 4.72 Å². The highest BCUT2D eigenvalue weighted by atomic mass is 32.2. The Balaban J connectivity index is 2.30. The summed E-state index contributed by atoms with van der Waals surface area (Å²) in [6.45, 7) is 0. The number of methoxy groups -OCH3 is 1. The molecule has 1 aromatic carbocycles. The summed E-state index contributed by atoms with van der Waals surface area (Å²) in [5.74, 6) is -0.510. The lowest BCUT2D eigenvalue weighted by Crippen LogP contribution is -2.52. The number of sulfonamides is 1. The van der Waals surface area contributed by atoms with Crippen molar-refractivity contribution in [3.05, 3.63) is 30.3 Å². The number of esters is 1. The third-order valence-electron chi connectivity index (χ3n) is 3.42. The van der Waals surface area contributed by atoms with Crippen LogP contribution in [0.1, 0.15) is 25.7 Å². The molecule has 1 N–H and O–H groups in total. The van der Waals surface area contributed by atoms with Gasteiger partial charge >= 0.3 is 5.97 Å². The molecule has 0 saturated heterocycles. The average molecular weight is 283 g/mol. The maximum absolute atomic E-state index is 12.3. The van der Waals surface area contributed by atoms with Crippen molar-refractivity contribution >= 4 is 16.0 Å². The molecule has 1 aliphatic rings. The van der Waals surface area contributed by atoms with Crippen LogP contribution in [0.25, 0.3) is 0 Å². The molecule has 1 aromatic rings. The van der Waals surface area contributed by atoms with E-state index in [1.54, 1.807) is 18.2 Å². The molecule has 0 amide bonds. The van der Waals surface area contributed by atoms with Crippen molar-refractivity contribution in [3.63, 3.8) is 0 Å². The van der Waals surface area contributed by atoms with Crippen LogP contribution in [0.5, 0.6) is 0 Å². The molecule has 0 radical (unpaired) electrons. The van der Waals surface area contributed by atoms with Gasteiger partial charge in [-0.3, -0.25) is 4.79 Å². The van der Waals surface area contributed by atoms with E-state index in [1.807, 2.05) is 0 Å². The van der Waals surface area contributed by atoms with Gasteiger partial charge in [-0.15, -0.1) is 0 Å². The van der Waals surface area contributed by atoms with E-state index in [0.29, 0.717) is 12.8 Å². The lowest BCUT2D eigenvalue weighted by Gasteiger charge is -2.26. The summed E-state index contributed by atoms with van der Waals surface area (Å²) in [6.07, 6.45) is 2.58.